The van der Waals surface area contributed by atoms with E-state index in [4.69, 9.17) is 4.98 Å². The molecule has 0 aliphatic rings. The van der Waals surface area contributed by atoms with Crippen molar-refractivity contribution in [2.75, 3.05) is 0 Å². The lowest BCUT2D eigenvalue weighted by atomic mass is 10.2. The first-order valence-corrected chi connectivity index (χ1v) is 12.2. The molecule has 0 aliphatic heterocycles. The van der Waals surface area contributed by atoms with Crippen LogP contribution in [-0.4, -0.2) is 24.5 Å². The highest BCUT2D eigenvalue weighted by molar-refractivity contribution is 9.10. The van der Waals surface area contributed by atoms with Gasteiger partial charge < -0.3 is 0 Å². The van der Waals surface area contributed by atoms with Crippen LogP contribution in [0, 0.1) is 0 Å². The van der Waals surface area contributed by atoms with Gasteiger partial charge >= 0.3 is 0 Å². The molecule has 0 spiro atoms. The third kappa shape index (κ3) is 4.28. The van der Waals surface area contributed by atoms with E-state index in [1.165, 1.54) is 11.8 Å². The summed E-state index contributed by atoms with van der Waals surface area (Å²) in [7, 11) is 0. The van der Waals surface area contributed by atoms with Gasteiger partial charge in [0, 0.05) is 14.7 Å². The SMILES string of the molecule is O=c1c2ccccc2nc(SCc2cn(-c3ccc(Br)cc3)nn2)n1-c1ccc(Br)cc1. The van der Waals surface area contributed by atoms with Gasteiger partial charge in [0.2, 0.25) is 0 Å². The molecule has 0 atom stereocenters. The highest BCUT2D eigenvalue weighted by Crippen LogP contribution is 2.25. The van der Waals surface area contributed by atoms with Gasteiger partial charge in [-0.3, -0.25) is 9.36 Å². The van der Waals surface area contributed by atoms with Gasteiger partial charge in [-0.05, 0) is 60.7 Å². The quantitative estimate of drug-likeness (QED) is 0.198. The molecule has 9 heteroatoms. The highest BCUT2D eigenvalue weighted by Gasteiger charge is 2.14. The van der Waals surface area contributed by atoms with Crippen LogP contribution in [0.5, 0.6) is 0 Å². The molecule has 5 aromatic rings. The van der Waals surface area contributed by atoms with Crippen molar-refractivity contribution in [2.24, 2.45) is 0 Å². The van der Waals surface area contributed by atoms with E-state index in [2.05, 4.69) is 42.2 Å². The molecular formula is C23H15Br2N5OS. The standard InChI is InChI=1S/C23H15Br2N5OS/c24-15-5-9-18(10-6-15)29-13-17(27-28-29)14-32-23-26-21-4-2-1-3-20(21)22(31)30(23)19-11-7-16(25)8-12-19/h1-13H,14H2. The van der Waals surface area contributed by atoms with Crippen molar-refractivity contribution in [3.63, 3.8) is 0 Å². The Morgan fingerprint density at radius 2 is 1.50 bits per heavy atom. The minimum atomic E-state index is -0.0982. The number of thioether (sulfide) groups is 1. The van der Waals surface area contributed by atoms with Crippen molar-refractivity contribution in [1.29, 1.82) is 0 Å². The lowest BCUT2D eigenvalue weighted by Gasteiger charge is -2.13. The van der Waals surface area contributed by atoms with Crippen LogP contribution >= 0.6 is 43.6 Å². The topological polar surface area (TPSA) is 65.6 Å². The van der Waals surface area contributed by atoms with Crippen molar-refractivity contribution in [3.05, 3.63) is 104 Å². The number of aromatic nitrogens is 5. The second-order valence-corrected chi connectivity index (χ2v) is 9.72. The third-order valence-electron chi connectivity index (χ3n) is 4.81. The van der Waals surface area contributed by atoms with Crippen molar-refractivity contribution >= 4 is 54.5 Å². The third-order valence-corrected chi connectivity index (χ3v) is 6.84. The Hall–Kier alpha value is -2.75. The zero-order chi connectivity index (χ0) is 22.1. The Kier molecular flexibility index (Phi) is 5.95. The number of nitrogens with zero attached hydrogens (tertiary/aromatic N) is 5. The van der Waals surface area contributed by atoms with Crippen molar-refractivity contribution in [3.8, 4) is 11.4 Å². The number of fused-ring (bicyclic) bond motifs is 1. The number of para-hydroxylation sites is 1. The molecule has 3 aromatic carbocycles. The van der Waals surface area contributed by atoms with Gasteiger partial charge in [-0.25, -0.2) is 9.67 Å². The number of hydrogen-bond acceptors (Lipinski definition) is 5. The zero-order valence-electron chi connectivity index (χ0n) is 16.5. The average molecular weight is 569 g/mol. The van der Waals surface area contributed by atoms with E-state index in [0.717, 1.165) is 26.0 Å². The van der Waals surface area contributed by atoms with Gasteiger partial charge in [0.25, 0.3) is 5.56 Å². The maximum absolute atomic E-state index is 13.3. The van der Waals surface area contributed by atoms with Crippen LogP contribution in [0.3, 0.4) is 0 Å². The van der Waals surface area contributed by atoms with Crippen LogP contribution in [0.15, 0.2) is 97.9 Å². The van der Waals surface area contributed by atoms with E-state index < -0.39 is 0 Å². The van der Waals surface area contributed by atoms with Crippen LogP contribution in [0.4, 0.5) is 0 Å². The summed E-state index contributed by atoms with van der Waals surface area (Å²) in [6.45, 7) is 0. The zero-order valence-corrected chi connectivity index (χ0v) is 20.5. The minimum Gasteiger partial charge on any atom is -0.268 e. The first-order chi connectivity index (χ1) is 15.6. The van der Waals surface area contributed by atoms with E-state index >= 15 is 0 Å². The molecule has 0 aliphatic carbocycles. The summed E-state index contributed by atoms with van der Waals surface area (Å²) in [6, 6.07) is 22.9. The van der Waals surface area contributed by atoms with Gasteiger partial charge in [-0.2, -0.15) is 0 Å². The molecule has 0 saturated heterocycles. The van der Waals surface area contributed by atoms with E-state index in [9.17, 15) is 4.79 Å². The van der Waals surface area contributed by atoms with Crippen LogP contribution in [0.25, 0.3) is 22.3 Å². The first-order valence-electron chi connectivity index (χ1n) is 9.66. The molecule has 0 amide bonds. The van der Waals surface area contributed by atoms with Gasteiger partial charge in [0.15, 0.2) is 5.16 Å². The Bertz CT molecular complexity index is 1460. The number of halogens is 2. The van der Waals surface area contributed by atoms with E-state index in [1.54, 1.807) is 15.3 Å². The maximum Gasteiger partial charge on any atom is 0.266 e. The molecule has 2 heterocycles. The molecule has 2 aromatic heterocycles. The summed E-state index contributed by atoms with van der Waals surface area (Å²) in [5.74, 6) is 0.526. The molecule has 6 nitrogen and oxygen atoms in total. The van der Waals surface area contributed by atoms with Gasteiger partial charge in [-0.15, -0.1) is 5.10 Å². The number of hydrogen-bond donors (Lipinski definition) is 0. The lowest BCUT2D eigenvalue weighted by molar-refractivity contribution is 0.799. The number of benzene rings is 3. The summed E-state index contributed by atoms with van der Waals surface area (Å²) in [5, 5.41) is 9.71. The highest BCUT2D eigenvalue weighted by atomic mass is 79.9. The van der Waals surface area contributed by atoms with Crippen molar-refractivity contribution < 1.29 is 0 Å². The summed E-state index contributed by atoms with van der Waals surface area (Å²) < 4.78 is 5.34. The van der Waals surface area contributed by atoms with Crippen molar-refractivity contribution in [1.82, 2.24) is 24.5 Å². The van der Waals surface area contributed by atoms with Crippen LogP contribution in [0.1, 0.15) is 5.69 Å². The summed E-state index contributed by atoms with van der Waals surface area (Å²) >= 11 is 8.35. The van der Waals surface area contributed by atoms with E-state index in [1.807, 2.05) is 72.9 Å². The Morgan fingerprint density at radius 1 is 0.844 bits per heavy atom. The van der Waals surface area contributed by atoms with Crippen LogP contribution in [0.2, 0.25) is 0 Å². The van der Waals surface area contributed by atoms with Gasteiger partial charge in [0.1, 0.15) is 0 Å². The van der Waals surface area contributed by atoms with E-state index in [0.29, 0.717) is 21.8 Å². The molecule has 0 bridgehead atoms. The fourth-order valence-corrected chi connectivity index (χ4v) is 4.67. The largest absolute Gasteiger partial charge is 0.268 e. The fourth-order valence-electron chi connectivity index (χ4n) is 3.25. The Labute approximate surface area is 204 Å². The number of rotatable bonds is 5. The molecule has 0 radical (unpaired) electrons. The monoisotopic (exact) mass is 567 g/mol. The average Bonchev–Trinajstić information content (AvgIpc) is 3.28. The van der Waals surface area contributed by atoms with Gasteiger partial charge in [0.05, 0.1) is 34.2 Å². The molecular weight excluding hydrogens is 554 g/mol. The summed E-state index contributed by atoms with van der Waals surface area (Å²) in [6.07, 6.45) is 1.89. The smallest absolute Gasteiger partial charge is 0.266 e. The van der Waals surface area contributed by atoms with Gasteiger partial charge in [-0.1, -0.05) is 61.0 Å². The molecule has 32 heavy (non-hydrogen) atoms. The second kappa shape index (κ2) is 9.01. The van der Waals surface area contributed by atoms with Crippen LogP contribution < -0.4 is 5.56 Å². The fraction of sp³-hybridized carbons (Fsp3) is 0.0435. The molecule has 5 rings (SSSR count). The second-order valence-electron chi connectivity index (χ2n) is 6.95. The van der Waals surface area contributed by atoms with Crippen LogP contribution in [-0.2, 0) is 5.75 Å². The van der Waals surface area contributed by atoms with Crippen molar-refractivity contribution in [2.45, 2.75) is 10.9 Å². The molecule has 0 saturated carbocycles. The minimum absolute atomic E-state index is 0.0982. The predicted octanol–water partition coefficient (Wildman–Crippen LogP) is 5.78. The summed E-state index contributed by atoms with van der Waals surface area (Å²) in [4.78, 5) is 18.1. The Morgan fingerprint density at radius 3 is 2.22 bits per heavy atom. The molecule has 0 unspecified atom stereocenters. The molecule has 0 N–H and O–H groups in total. The predicted molar refractivity (Wildman–Crippen MR) is 134 cm³/mol. The normalized spacial score (nSPS) is 11.2. The first kappa shape index (κ1) is 21.1. The molecule has 0 fully saturated rings. The maximum atomic E-state index is 13.3. The summed E-state index contributed by atoms with van der Waals surface area (Å²) in [5.41, 5.74) is 3.05. The Balaban J connectivity index is 1.50. The lowest BCUT2D eigenvalue weighted by Crippen LogP contribution is -2.21. The molecule has 158 valence electrons. The van der Waals surface area contributed by atoms with E-state index in [-0.39, 0.29) is 5.56 Å².